The van der Waals surface area contributed by atoms with Crippen LogP contribution < -0.4 is 21.8 Å². The standard InChI is InChI=1S/C23H23N9O2/c1-13-10-14-4-2-3-5-18(14)31(13)9-8-24-21-28-19-15(11-17-20(33)29-23(34)27-17)12-25-32(19)22(30-21)26-16-6-7-16/h2-5,10-12,16,33H,6-9H2,1H3,(H,24,26,30)(H2,27,29,34)/b15-11+. The Hall–Kier alpha value is -4.41. The van der Waals surface area contributed by atoms with Crippen LogP contribution in [0.5, 0.6) is 5.88 Å². The van der Waals surface area contributed by atoms with Crippen LogP contribution in [0.2, 0.25) is 0 Å². The van der Waals surface area contributed by atoms with Gasteiger partial charge in [-0.25, -0.2) is 9.79 Å². The lowest BCUT2D eigenvalue weighted by Gasteiger charge is -2.10. The molecule has 0 spiro atoms. The molecule has 34 heavy (non-hydrogen) atoms. The highest BCUT2D eigenvalue weighted by Gasteiger charge is 2.21. The highest BCUT2D eigenvalue weighted by atomic mass is 16.3. The van der Waals surface area contributed by atoms with Crippen molar-refractivity contribution in [1.82, 2.24) is 34.1 Å². The Morgan fingerprint density at radius 1 is 1.26 bits per heavy atom. The molecule has 1 aliphatic rings. The second kappa shape index (κ2) is 7.87. The minimum Gasteiger partial charge on any atom is -0.493 e. The van der Waals surface area contributed by atoms with Gasteiger partial charge in [0.05, 0.1) is 12.2 Å². The van der Waals surface area contributed by atoms with E-state index in [1.807, 2.05) is 12.1 Å². The third kappa shape index (κ3) is 3.70. The third-order valence-electron chi connectivity index (χ3n) is 5.89. The lowest BCUT2D eigenvalue weighted by molar-refractivity contribution is 0.454. The molecule has 0 atom stereocenters. The lowest BCUT2D eigenvalue weighted by atomic mass is 10.2. The van der Waals surface area contributed by atoms with E-state index in [0.29, 0.717) is 29.0 Å². The van der Waals surface area contributed by atoms with Crippen LogP contribution in [0.3, 0.4) is 0 Å². The molecule has 11 heteroatoms. The van der Waals surface area contributed by atoms with Crippen molar-refractivity contribution in [3.8, 4) is 5.88 Å². The van der Waals surface area contributed by atoms with E-state index in [-0.39, 0.29) is 17.6 Å². The molecule has 0 aliphatic heterocycles. The number of benzene rings is 1. The molecule has 4 N–H and O–H groups in total. The van der Waals surface area contributed by atoms with Crippen LogP contribution in [0.15, 0.2) is 46.3 Å². The van der Waals surface area contributed by atoms with Crippen LogP contribution in [0.4, 0.5) is 5.95 Å². The monoisotopic (exact) mass is 457 g/mol. The van der Waals surface area contributed by atoms with Crippen LogP contribution in [0.1, 0.15) is 24.2 Å². The van der Waals surface area contributed by atoms with Crippen molar-refractivity contribution in [1.29, 1.82) is 0 Å². The zero-order valence-electron chi connectivity index (χ0n) is 18.5. The summed E-state index contributed by atoms with van der Waals surface area (Å²) in [5.41, 5.74) is 3.15. The normalized spacial score (nSPS) is 15.1. The van der Waals surface area contributed by atoms with Crippen molar-refractivity contribution in [3.63, 3.8) is 0 Å². The first-order valence-corrected chi connectivity index (χ1v) is 11.2. The zero-order valence-corrected chi connectivity index (χ0v) is 18.5. The first kappa shape index (κ1) is 20.2. The summed E-state index contributed by atoms with van der Waals surface area (Å²) in [6.07, 6.45) is 5.29. The van der Waals surface area contributed by atoms with Gasteiger partial charge in [0, 0.05) is 29.5 Å². The number of aromatic hydroxyl groups is 1. The Morgan fingerprint density at radius 2 is 2.12 bits per heavy atom. The largest absolute Gasteiger partial charge is 0.493 e. The lowest BCUT2D eigenvalue weighted by Crippen LogP contribution is -2.25. The number of fused-ring (bicyclic) bond motifs is 2. The molecule has 0 amide bonds. The Kier molecular flexibility index (Phi) is 4.68. The third-order valence-corrected chi connectivity index (χ3v) is 5.89. The first-order valence-electron chi connectivity index (χ1n) is 11.2. The zero-order chi connectivity index (χ0) is 23.2. The average Bonchev–Trinajstić information content (AvgIpc) is 3.32. The SMILES string of the molecule is Cc1cc2ccccc2n1CCNc1nc(=NC2CC2)n2nc/c(=C\c3[nH]c(=O)[nH]c3O)c2n1. The Morgan fingerprint density at radius 3 is 2.91 bits per heavy atom. The van der Waals surface area contributed by atoms with Crippen LogP contribution in [-0.4, -0.2) is 51.8 Å². The molecule has 4 heterocycles. The molecule has 0 bridgehead atoms. The summed E-state index contributed by atoms with van der Waals surface area (Å²) < 4.78 is 3.85. The maximum Gasteiger partial charge on any atom is 0.326 e. The number of H-pyrrole nitrogens is 2. The summed E-state index contributed by atoms with van der Waals surface area (Å²) in [6, 6.07) is 10.7. The van der Waals surface area contributed by atoms with Gasteiger partial charge in [0.2, 0.25) is 11.8 Å². The van der Waals surface area contributed by atoms with Gasteiger partial charge in [0.1, 0.15) is 5.69 Å². The number of anilines is 1. The number of rotatable bonds is 6. The summed E-state index contributed by atoms with van der Waals surface area (Å²) >= 11 is 0. The second-order valence-electron chi connectivity index (χ2n) is 8.45. The number of para-hydroxylation sites is 1. The van der Waals surface area contributed by atoms with E-state index in [1.165, 1.54) is 16.6 Å². The number of imidazole rings is 1. The summed E-state index contributed by atoms with van der Waals surface area (Å²) in [7, 11) is 0. The Bertz CT molecular complexity index is 1700. The van der Waals surface area contributed by atoms with E-state index < -0.39 is 5.69 Å². The molecular weight excluding hydrogens is 434 g/mol. The number of aryl methyl sites for hydroxylation is 1. The van der Waals surface area contributed by atoms with E-state index in [9.17, 15) is 9.90 Å². The molecule has 1 aromatic carbocycles. The predicted molar refractivity (Wildman–Crippen MR) is 126 cm³/mol. The molecule has 1 aliphatic carbocycles. The maximum atomic E-state index is 11.5. The van der Waals surface area contributed by atoms with Crippen LogP contribution in [-0.2, 0) is 6.54 Å². The molecular formula is C23H23N9O2. The van der Waals surface area contributed by atoms with Gasteiger partial charge in [-0.15, -0.1) is 0 Å². The molecule has 0 unspecified atom stereocenters. The fourth-order valence-electron chi connectivity index (χ4n) is 4.08. The fourth-order valence-corrected chi connectivity index (χ4v) is 4.08. The van der Waals surface area contributed by atoms with E-state index in [4.69, 9.17) is 4.99 Å². The van der Waals surface area contributed by atoms with Crippen molar-refractivity contribution in [3.05, 3.63) is 69.2 Å². The fraction of sp³-hybridized carbons (Fsp3) is 0.261. The minimum absolute atomic E-state index is 0.242. The highest BCUT2D eigenvalue weighted by Crippen LogP contribution is 2.22. The molecule has 172 valence electrons. The molecule has 0 saturated heterocycles. The summed E-state index contributed by atoms with van der Waals surface area (Å²) in [6.45, 7) is 3.47. The van der Waals surface area contributed by atoms with Gasteiger partial charge in [-0.2, -0.15) is 19.6 Å². The van der Waals surface area contributed by atoms with Crippen molar-refractivity contribution in [2.24, 2.45) is 4.99 Å². The molecule has 1 fully saturated rings. The number of aromatic nitrogens is 7. The number of nitrogens with zero attached hydrogens (tertiary/aromatic N) is 6. The summed E-state index contributed by atoms with van der Waals surface area (Å²) in [5.74, 6) is 0.205. The van der Waals surface area contributed by atoms with Gasteiger partial charge in [-0.3, -0.25) is 4.98 Å². The van der Waals surface area contributed by atoms with E-state index in [0.717, 1.165) is 19.4 Å². The van der Waals surface area contributed by atoms with E-state index in [2.05, 4.69) is 60.0 Å². The predicted octanol–water partition coefficient (Wildman–Crippen LogP) is 0.832. The Balaban J connectivity index is 1.36. The van der Waals surface area contributed by atoms with Gasteiger partial charge in [-0.05, 0) is 43.4 Å². The van der Waals surface area contributed by atoms with Gasteiger partial charge >= 0.3 is 5.69 Å². The highest BCUT2D eigenvalue weighted by molar-refractivity contribution is 5.81. The van der Waals surface area contributed by atoms with Crippen molar-refractivity contribution in [2.45, 2.75) is 32.4 Å². The quantitative estimate of drug-likeness (QED) is 0.298. The van der Waals surface area contributed by atoms with Crippen LogP contribution in [0.25, 0.3) is 22.6 Å². The smallest absolute Gasteiger partial charge is 0.326 e. The number of aromatic amines is 2. The molecule has 6 rings (SSSR count). The van der Waals surface area contributed by atoms with Crippen LogP contribution in [0, 0.1) is 6.92 Å². The van der Waals surface area contributed by atoms with Crippen molar-refractivity contribution in [2.75, 3.05) is 11.9 Å². The number of hydrogen-bond donors (Lipinski definition) is 4. The molecule has 11 nitrogen and oxygen atoms in total. The average molecular weight is 457 g/mol. The summed E-state index contributed by atoms with van der Waals surface area (Å²) in [4.78, 5) is 30.3. The second-order valence-corrected chi connectivity index (χ2v) is 8.45. The van der Waals surface area contributed by atoms with Crippen LogP contribution >= 0.6 is 0 Å². The van der Waals surface area contributed by atoms with E-state index >= 15 is 0 Å². The number of hydrogen-bond acceptors (Lipinski definition) is 7. The summed E-state index contributed by atoms with van der Waals surface area (Å²) in [5, 5.41) is 19.5. The molecule has 4 aromatic heterocycles. The first-order chi connectivity index (χ1) is 16.5. The van der Waals surface area contributed by atoms with Crippen molar-refractivity contribution >= 4 is 28.6 Å². The van der Waals surface area contributed by atoms with Gasteiger partial charge < -0.3 is 20.0 Å². The minimum atomic E-state index is -0.491. The van der Waals surface area contributed by atoms with Gasteiger partial charge in [0.25, 0.3) is 5.62 Å². The van der Waals surface area contributed by atoms with Crippen molar-refractivity contribution < 1.29 is 5.11 Å². The maximum absolute atomic E-state index is 11.5. The van der Waals surface area contributed by atoms with Gasteiger partial charge in [-0.1, -0.05) is 18.2 Å². The van der Waals surface area contributed by atoms with E-state index in [1.54, 1.807) is 16.8 Å². The Labute approximate surface area is 192 Å². The molecule has 1 saturated carbocycles. The topological polar surface area (TPSA) is 141 Å². The number of nitrogens with one attached hydrogen (secondary N) is 3. The van der Waals surface area contributed by atoms with Gasteiger partial charge in [0.15, 0.2) is 5.65 Å². The molecule has 5 aromatic rings. The molecule has 0 radical (unpaired) electrons.